The smallest absolute Gasteiger partial charge is 0.150 e. The molecular formula is C11H6ClFN2S. The van der Waals surface area contributed by atoms with Crippen molar-refractivity contribution in [3.63, 3.8) is 0 Å². The van der Waals surface area contributed by atoms with Crippen molar-refractivity contribution in [2.45, 2.75) is 6.92 Å². The number of hydrogen-bond acceptors (Lipinski definition) is 3. The number of thiophene rings is 1. The molecule has 16 heavy (non-hydrogen) atoms. The quantitative estimate of drug-likeness (QED) is 0.566. The zero-order chi connectivity index (χ0) is 11.3. The van der Waals surface area contributed by atoms with Crippen LogP contribution in [0.25, 0.3) is 20.3 Å². The molecule has 2 aromatic heterocycles. The van der Waals surface area contributed by atoms with E-state index in [9.17, 15) is 4.39 Å². The van der Waals surface area contributed by atoms with E-state index in [-0.39, 0.29) is 5.82 Å². The van der Waals surface area contributed by atoms with Crippen LogP contribution < -0.4 is 0 Å². The lowest BCUT2D eigenvalue weighted by molar-refractivity contribution is 0.642. The summed E-state index contributed by atoms with van der Waals surface area (Å²) in [6, 6.07) is 4.96. The summed E-state index contributed by atoms with van der Waals surface area (Å²) >= 11 is 7.31. The molecule has 0 amide bonds. The summed E-state index contributed by atoms with van der Waals surface area (Å²) in [5.74, 6) is 0.357. The van der Waals surface area contributed by atoms with Crippen molar-refractivity contribution >= 4 is 43.2 Å². The molecule has 0 aliphatic rings. The van der Waals surface area contributed by atoms with Crippen LogP contribution in [0, 0.1) is 12.7 Å². The third-order valence-corrected chi connectivity index (χ3v) is 3.96. The van der Waals surface area contributed by atoms with E-state index >= 15 is 0 Å². The van der Waals surface area contributed by atoms with Gasteiger partial charge in [0.2, 0.25) is 0 Å². The molecule has 0 unspecified atom stereocenters. The van der Waals surface area contributed by atoms with Gasteiger partial charge in [0.15, 0.2) is 5.15 Å². The largest absolute Gasteiger partial charge is 0.232 e. The zero-order valence-electron chi connectivity index (χ0n) is 8.29. The standard InChI is InChI=1S/C11H6ClFN2S/c1-5-14-8-6-3-2-4-7(13)9(6)16-10(8)11(12)15-5/h2-4H,1H3. The molecule has 0 atom stereocenters. The van der Waals surface area contributed by atoms with Gasteiger partial charge in [0, 0.05) is 5.39 Å². The van der Waals surface area contributed by atoms with E-state index in [1.165, 1.54) is 17.4 Å². The van der Waals surface area contributed by atoms with Crippen LogP contribution in [0.5, 0.6) is 0 Å². The molecule has 2 heterocycles. The molecule has 0 N–H and O–H groups in total. The van der Waals surface area contributed by atoms with Crippen LogP contribution >= 0.6 is 22.9 Å². The summed E-state index contributed by atoms with van der Waals surface area (Å²) in [5, 5.41) is 1.19. The van der Waals surface area contributed by atoms with E-state index in [0.717, 1.165) is 15.6 Å². The maximum Gasteiger partial charge on any atom is 0.150 e. The van der Waals surface area contributed by atoms with Gasteiger partial charge in [0.1, 0.15) is 11.6 Å². The Bertz CT molecular complexity index is 708. The van der Waals surface area contributed by atoms with E-state index in [1.807, 2.05) is 6.07 Å². The number of aromatic nitrogens is 2. The molecule has 0 aliphatic heterocycles. The molecule has 0 saturated carbocycles. The highest BCUT2D eigenvalue weighted by Crippen LogP contribution is 2.37. The van der Waals surface area contributed by atoms with Crippen LogP contribution in [0.2, 0.25) is 5.15 Å². The molecule has 0 bridgehead atoms. The van der Waals surface area contributed by atoms with Gasteiger partial charge in [-0.1, -0.05) is 23.7 Å². The van der Waals surface area contributed by atoms with Crippen molar-refractivity contribution in [3.05, 3.63) is 35.0 Å². The molecule has 3 aromatic rings. The Morgan fingerprint density at radius 1 is 1.25 bits per heavy atom. The molecule has 0 spiro atoms. The van der Waals surface area contributed by atoms with Crippen LogP contribution in [0.15, 0.2) is 18.2 Å². The first-order valence-corrected chi connectivity index (χ1v) is 5.87. The predicted molar refractivity (Wildman–Crippen MR) is 64.6 cm³/mol. The van der Waals surface area contributed by atoms with Crippen molar-refractivity contribution in [1.82, 2.24) is 9.97 Å². The van der Waals surface area contributed by atoms with E-state index < -0.39 is 0 Å². The SMILES string of the molecule is Cc1nc(Cl)c2sc3c(F)cccc3c2n1. The number of hydrogen-bond donors (Lipinski definition) is 0. The molecule has 80 valence electrons. The van der Waals surface area contributed by atoms with Crippen molar-refractivity contribution in [1.29, 1.82) is 0 Å². The number of rotatable bonds is 0. The average Bonchev–Trinajstić information content (AvgIpc) is 2.59. The fourth-order valence-corrected chi connectivity index (χ4v) is 3.06. The van der Waals surface area contributed by atoms with Gasteiger partial charge in [-0.05, 0) is 13.0 Å². The first kappa shape index (κ1) is 9.93. The summed E-state index contributed by atoms with van der Waals surface area (Å²) < 4.78 is 14.9. The van der Waals surface area contributed by atoms with E-state index in [1.54, 1.807) is 13.0 Å². The van der Waals surface area contributed by atoms with Gasteiger partial charge < -0.3 is 0 Å². The minimum atomic E-state index is -0.241. The van der Waals surface area contributed by atoms with Crippen LogP contribution in [-0.4, -0.2) is 9.97 Å². The lowest BCUT2D eigenvalue weighted by Gasteiger charge is -1.95. The number of benzene rings is 1. The number of nitrogens with zero attached hydrogens (tertiary/aromatic N) is 2. The van der Waals surface area contributed by atoms with E-state index in [2.05, 4.69) is 9.97 Å². The predicted octanol–water partition coefficient (Wildman–Crippen LogP) is 3.95. The van der Waals surface area contributed by atoms with Gasteiger partial charge in [-0.2, -0.15) is 0 Å². The van der Waals surface area contributed by atoms with E-state index in [4.69, 9.17) is 11.6 Å². The van der Waals surface area contributed by atoms with Crippen molar-refractivity contribution in [3.8, 4) is 0 Å². The Hall–Kier alpha value is -1.26. The molecule has 0 radical (unpaired) electrons. The second-order valence-corrected chi connectivity index (χ2v) is 4.84. The van der Waals surface area contributed by atoms with Crippen LogP contribution in [0.1, 0.15) is 5.82 Å². The van der Waals surface area contributed by atoms with Crippen LogP contribution in [0.4, 0.5) is 4.39 Å². The minimum Gasteiger partial charge on any atom is -0.232 e. The molecular weight excluding hydrogens is 247 g/mol. The topological polar surface area (TPSA) is 25.8 Å². The zero-order valence-corrected chi connectivity index (χ0v) is 9.86. The second-order valence-electron chi connectivity index (χ2n) is 3.46. The highest BCUT2D eigenvalue weighted by Gasteiger charge is 2.13. The minimum absolute atomic E-state index is 0.241. The number of fused-ring (bicyclic) bond motifs is 3. The molecule has 5 heteroatoms. The summed E-state index contributed by atoms with van der Waals surface area (Å²) in [4.78, 5) is 8.38. The average molecular weight is 253 g/mol. The Labute approximate surface area is 99.7 Å². The Morgan fingerprint density at radius 3 is 2.88 bits per heavy atom. The van der Waals surface area contributed by atoms with Gasteiger partial charge >= 0.3 is 0 Å². The normalized spacial score (nSPS) is 11.4. The Morgan fingerprint density at radius 2 is 2.06 bits per heavy atom. The van der Waals surface area contributed by atoms with Crippen molar-refractivity contribution < 1.29 is 4.39 Å². The Kier molecular flexibility index (Phi) is 2.09. The number of halogens is 2. The summed E-state index contributed by atoms with van der Waals surface area (Å²) in [6.07, 6.45) is 0. The van der Waals surface area contributed by atoms with Crippen molar-refractivity contribution in [2.75, 3.05) is 0 Å². The molecule has 0 aliphatic carbocycles. The third kappa shape index (κ3) is 1.30. The van der Waals surface area contributed by atoms with Gasteiger partial charge in [-0.25, -0.2) is 14.4 Å². The molecule has 3 rings (SSSR count). The first-order chi connectivity index (χ1) is 7.66. The lowest BCUT2D eigenvalue weighted by atomic mass is 10.2. The van der Waals surface area contributed by atoms with Crippen LogP contribution in [-0.2, 0) is 0 Å². The third-order valence-electron chi connectivity index (χ3n) is 2.36. The maximum absolute atomic E-state index is 13.6. The van der Waals surface area contributed by atoms with Gasteiger partial charge in [0.05, 0.1) is 14.9 Å². The van der Waals surface area contributed by atoms with Gasteiger partial charge in [0.25, 0.3) is 0 Å². The summed E-state index contributed by atoms with van der Waals surface area (Å²) in [7, 11) is 0. The maximum atomic E-state index is 13.6. The van der Waals surface area contributed by atoms with Crippen molar-refractivity contribution in [2.24, 2.45) is 0 Å². The Balaban J connectivity index is 2.61. The fourth-order valence-electron chi connectivity index (χ4n) is 1.70. The summed E-state index contributed by atoms with van der Waals surface area (Å²) in [5.41, 5.74) is 0.733. The molecule has 0 saturated heterocycles. The lowest BCUT2D eigenvalue weighted by Crippen LogP contribution is -1.87. The van der Waals surface area contributed by atoms with Gasteiger partial charge in [-0.15, -0.1) is 11.3 Å². The first-order valence-electron chi connectivity index (χ1n) is 4.67. The van der Waals surface area contributed by atoms with E-state index in [0.29, 0.717) is 15.7 Å². The monoisotopic (exact) mass is 252 g/mol. The molecule has 2 nitrogen and oxygen atoms in total. The fraction of sp³-hybridized carbons (Fsp3) is 0.0909. The highest BCUT2D eigenvalue weighted by molar-refractivity contribution is 7.26. The summed E-state index contributed by atoms with van der Waals surface area (Å²) in [6.45, 7) is 1.77. The van der Waals surface area contributed by atoms with Crippen LogP contribution in [0.3, 0.4) is 0 Å². The number of aryl methyl sites for hydroxylation is 1. The van der Waals surface area contributed by atoms with Gasteiger partial charge in [-0.3, -0.25) is 0 Å². The molecule has 0 fully saturated rings. The molecule has 1 aromatic carbocycles. The second kappa shape index (κ2) is 3.37. The highest BCUT2D eigenvalue weighted by atomic mass is 35.5.